The van der Waals surface area contributed by atoms with Crippen LogP contribution in [0, 0.1) is 10.1 Å². The number of ether oxygens (including phenoxy) is 1. The van der Waals surface area contributed by atoms with Crippen LogP contribution in [0.3, 0.4) is 0 Å². The Balaban J connectivity index is 3.43. The maximum Gasteiger partial charge on any atom is 0.307 e. The lowest BCUT2D eigenvalue weighted by molar-refractivity contribution is -0.385. The number of methoxy groups -OCH3 is 1. The summed E-state index contributed by atoms with van der Waals surface area (Å²) in [5, 5.41) is 10.9. The number of nitrogens with zero attached hydrogens (tertiary/aromatic N) is 2. The Bertz CT molecular complexity index is 741. The first-order chi connectivity index (χ1) is 10.8. The third-order valence-corrected chi connectivity index (χ3v) is 5.79. The number of pyridine rings is 1. The summed E-state index contributed by atoms with van der Waals surface area (Å²) in [6.45, 7) is 5.95. The number of sulfonamides is 1. The van der Waals surface area contributed by atoms with Gasteiger partial charge < -0.3 is 4.74 Å². The summed E-state index contributed by atoms with van der Waals surface area (Å²) < 4.78 is 31.0. The summed E-state index contributed by atoms with van der Waals surface area (Å²) in [6.07, 6.45) is 1.98. The lowest BCUT2D eigenvalue weighted by atomic mass is 9.91. The van der Waals surface area contributed by atoms with Crippen molar-refractivity contribution in [2.24, 2.45) is 0 Å². The van der Waals surface area contributed by atoms with Crippen molar-refractivity contribution in [2.45, 2.75) is 44.4 Å². The molecule has 24 heavy (non-hydrogen) atoms. The second-order valence-electron chi connectivity index (χ2n) is 6.49. The molecule has 0 unspecified atom stereocenters. The number of hydrogen-bond donors (Lipinski definition) is 1. The van der Waals surface area contributed by atoms with Crippen molar-refractivity contribution in [3.63, 3.8) is 0 Å². The minimum Gasteiger partial charge on any atom is -0.469 e. The van der Waals surface area contributed by atoms with Crippen LogP contribution in [0.15, 0.2) is 18.5 Å². The average Bonchev–Trinajstić information content (AvgIpc) is 2.45. The predicted octanol–water partition coefficient (Wildman–Crippen LogP) is 1.49. The van der Waals surface area contributed by atoms with Crippen LogP contribution < -0.4 is 4.72 Å². The number of carbonyl (C=O) groups is 1. The molecule has 0 aliphatic carbocycles. The normalized spacial score (nSPS) is 14.7. The van der Waals surface area contributed by atoms with E-state index in [-0.39, 0.29) is 17.7 Å². The summed E-state index contributed by atoms with van der Waals surface area (Å²) in [5.41, 5.74) is -1.56. The molecule has 0 radical (unpaired) electrons. The van der Waals surface area contributed by atoms with Crippen molar-refractivity contribution in [3.8, 4) is 0 Å². The van der Waals surface area contributed by atoms with Crippen molar-refractivity contribution < 1.29 is 22.9 Å². The molecule has 0 aliphatic heterocycles. The molecule has 1 aromatic heterocycles. The fraction of sp³-hybridized carbons (Fsp3) is 0.571. The molecule has 134 valence electrons. The Labute approximate surface area is 140 Å². The number of nitro groups is 1. The van der Waals surface area contributed by atoms with Gasteiger partial charge in [0.15, 0.2) is 0 Å². The summed E-state index contributed by atoms with van der Waals surface area (Å²) in [4.78, 5) is 25.8. The number of aromatic nitrogens is 1. The molecule has 0 fully saturated rings. The van der Waals surface area contributed by atoms with Gasteiger partial charge in [-0.2, -0.15) is 0 Å². The van der Waals surface area contributed by atoms with Gasteiger partial charge in [-0.15, -0.1) is 0 Å². The zero-order valence-corrected chi connectivity index (χ0v) is 15.0. The van der Waals surface area contributed by atoms with E-state index in [9.17, 15) is 23.3 Å². The number of carbonyl (C=O) groups excluding carboxylic acids is 1. The van der Waals surface area contributed by atoms with Crippen LogP contribution in [0.4, 0.5) is 5.69 Å². The van der Waals surface area contributed by atoms with Crippen LogP contribution in [-0.2, 0) is 25.1 Å². The molecule has 1 heterocycles. The van der Waals surface area contributed by atoms with Crippen molar-refractivity contribution in [2.75, 3.05) is 7.11 Å². The fourth-order valence-electron chi connectivity index (χ4n) is 1.84. The van der Waals surface area contributed by atoms with Gasteiger partial charge in [-0.05, 0) is 33.3 Å². The Morgan fingerprint density at radius 3 is 2.38 bits per heavy atom. The SMILES string of the molecule is COC(=O)C[C@](C)(NS(=O)(=O)C(C)(C)C)c1cncc([N+](=O)[O-])c1. The van der Waals surface area contributed by atoms with E-state index < -0.39 is 31.2 Å². The molecular weight excluding hydrogens is 338 g/mol. The molecule has 0 aromatic carbocycles. The highest BCUT2D eigenvalue weighted by Crippen LogP contribution is 2.30. The fourth-order valence-corrected chi connectivity index (χ4v) is 2.93. The van der Waals surface area contributed by atoms with E-state index in [1.54, 1.807) is 0 Å². The van der Waals surface area contributed by atoms with Gasteiger partial charge in [0.05, 0.1) is 28.7 Å². The van der Waals surface area contributed by atoms with E-state index in [2.05, 4.69) is 14.4 Å². The van der Waals surface area contributed by atoms with Crippen LogP contribution in [0.1, 0.15) is 39.7 Å². The third-order valence-electron chi connectivity index (χ3n) is 3.46. The highest BCUT2D eigenvalue weighted by atomic mass is 32.2. The molecule has 0 amide bonds. The summed E-state index contributed by atoms with van der Waals surface area (Å²) in [6, 6.07) is 1.18. The van der Waals surface area contributed by atoms with Crippen molar-refractivity contribution in [1.82, 2.24) is 9.71 Å². The highest BCUT2D eigenvalue weighted by Gasteiger charge is 2.40. The highest BCUT2D eigenvalue weighted by molar-refractivity contribution is 7.90. The van der Waals surface area contributed by atoms with E-state index >= 15 is 0 Å². The van der Waals surface area contributed by atoms with Gasteiger partial charge >= 0.3 is 5.97 Å². The van der Waals surface area contributed by atoms with Gasteiger partial charge in [-0.3, -0.25) is 19.9 Å². The Morgan fingerprint density at radius 2 is 1.92 bits per heavy atom. The first-order valence-electron chi connectivity index (χ1n) is 7.03. The first-order valence-corrected chi connectivity index (χ1v) is 8.51. The number of nitrogens with one attached hydrogen (secondary N) is 1. The minimum atomic E-state index is -3.85. The van der Waals surface area contributed by atoms with E-state index in [4.69, 9.17) is 0 Å². The molecular formula is C14H21N3O6S. The smallest absolute Gasteiger partial charge is 0.307 e. The first kappa shape index (κ1) is 20.0. The quantitative estimate of drug-likeness (QED) is 0.463. The van der Waals surface area contributed by atoms with Gasteiger partial charge in [0.1, 0.15) is 6.20 Å². The largest absolute Gasteiger partial charge is 0.469 e. The monoisotopic (exact) mass is 359 g/mol. The van der Waals surface area contributed by atoms with Crippen LogP contribution >= 0.6 is 0 Å². The van der Waals surface area contributed by atoms with Crippen molar-refractivity contribution >= 4 is 21.7 Å². The lowest BCUT2D eigenvalue weighted by Crippen LogP contribution is -2.51. The van der Waals surface area contributed by atoms with Gasteiger partial charge in [0, 0.05) is 12.3 Å². The van der Waals surface area contributed by atoms with E-state index in [1.165, 1.54) is 47.1 Å². The van der Waals surface area contributed by atoms with Gasteiger partial charge in [0.25, 0.3) is 5.69 Å². The number of rotatable bonds is 6. The molecule has 1 rings (SSSR count). The van der Waals surface area contributed by atoms with E-state index in [0.717, 1.165) is 6.20 Å². The zero-order chi connectivity index (χ0) is 18.8. The van der Waals surface area contributed by atoms with Crippen molar-refractivity contribution in [1.29, 1.82) is 0 Å². The van der Waals surface area contributed by atoms with Crippen LogP contribution in [0.2, 0.25) is 0 Å². The maximum atomic E-state index is 12.5. The Morgan fingerprint density at radius 1 is 1.33 bits per heavy atom. The molecule has 0 saturated carbocycles. The Hall–Kier alpha value is -2.07. The molecule has 0 bridgehead atoms. The summed E-state index contributed by atoms with van der Waals surface area (Å²) in [7, 11) is -2.67. The van der Waals surface area contributed by atoms with E-state index in [0.29, 0.717) is 0 Å². The van der Waals surface area contributed by atoms with Crippen molar-refractivity contribution in [3.05, 3.63) is 34.1 Å². The molecule has 0 spiro atoms. The average molecular weight is 359 g/mol. The van der Waals surface area contributed by atoms with Gasteiger partial charge in [-0.1, -0.05) is 0 Å². The Kier molecular flexibility index (Phi) is 5.67. The minimum absolute atomic E-state index is 0.190. The molecule has 9 nitrogen and oxygen atoms in total. The molecule has 10 heteroatoms. The molecule has 0 saturated heterocycles. The van der Waals surface area contributed by atoms with Crippen LogP contribution in [0.25, 0.3) is 0 Å². The van der Waals surface area contributed by atoms with Gasteiger partial charge in [0.2, 0.25) is 10.0 Å². The summed E-state index contributed by atoms with van der Waals surface area (Å²) >= 11 is 0. The second-order valence-corrected chi connectivity index (χ2v) is 8.93. The van der Waals surface area contributed by atoms with E-state index in [1.807, 2.05) is 0 Å². The molecule has 1 aromatic rings. The number of esters is 1. The maximum absolute atomic E-state index is 12.5. The topological polar surface area (TPSA) is 128 Å². The predicted molar refractivity (Wildman–Crippen MR) is 86.7 cm³/mol. The number of hydrogen-bond acceptors (Lipinski definition) is 7. The van der Waals surface area contributed by atoms with Gasteiger partial charge in [-0.25, -0.2) is 13.1 Å². The molecule has 1 N–H and O–H groups in total. The van der Waals surface area contributed by atoms with Crippen LogP contribution in [0.5, 0.6) is 0 Å². The molecule has 1 atom stereocenters. The third kappa shape index (κ3) is 4.48. The standard InChI is InChI=1S/C14H21N3O6S/c1-13(2,3)24(21,22)16-14(4,7-12(18)23-5)10-6-11(17(19)20)9-15-8-10/h6,8-9,16H,7H2,1-5H3/t14-/m0/s1. The second kappa shape index (κ2) is 6.81. The summed E-state index contributed by atoms with van der Waals surface area (Å²) in [5.74, 6) is -0.666. The lowest BCUT2D eigenvalue weighted by Gasteiger charge is -2.33. The van der Waals surface area contributed by atoms with Crippen LogP contribution in [-0.4, -0.2) is 36.2 Å². The zero-order valence-electron chi connectivity index (χ0n) is 14.2. The molecule has 0 aliphatic rings.